The van der Waals surface area contributed by atoms with E-state index >= 15 is 0 Å². The molecule has 0 saturated carbocycles. The Labute approximate surface area is 186 Å². The van der Waals surface area contributed by atoms with E-state index in [-0.39, 0.29) is 0 Å². The van der Waals surface area contributed by atoms with Gasteiger partial charge in [-0.15, -0.1) is 0 Å². The van der Waals surface area contributed by atoms with Crippen LogP contribution in [0.3, 0.4) is 0 Å². The summed E-state index contributed by atoms with van der Waals surface area (Å²) in [5.74, 6) is 0. The molecule has 0 aliphatic heterocycles. The number of hydrogen-bond donors (Lipinski definition) is 0. The van der Waals surface area contributed by atoms with Crippen molar-refractivity contribution in [2.45, 2.75) is 0 Å². The molecule has 5 aromatic carbocycles. The van der Waals surface area contributed by atoms with Crippen molar-refractivity contribution >= 4 is 60.1 Å². The van der Waals surface area contributed by atoms with E-state index in [0.29, 0.717) is 0 Å². The Morgan fingerprint density at radius 1 is 0.464 bits per heavy atom. The van der Waals surface area contributed by atoms with Crippen molar-refractivity contribution in [3.8, 4) is 22.3 Å². The molecule has 0 spiro atoms. The minimum Gasteiger partial charge on any atom is -0.0616 e. The Balaban J connectivity index is 1.96. The molecule has 0 N–H and O–H groups in total. The Bertz CT molecular complexity index is 1140. The minimum atomic E-state index is 1.10. The fourth-order valence-corrected chi connectivity index (χ4v) is 4.61. The molecule has 134 valence electrons. The highest BCUT2D eigenvalue weighted by molar-refractivity contribution is 14.1. The lowest BCUT2D eigenvalue weighted by atomic mass is 9.86. The third kappa shape index (κ3) is 3.05. The van der Waals surface area contributed by atoms with Gasteiger partial charge in [-0.1, -0.05) is 88.7 Å². The van der Waals surface area contributed by atoms with Crippen LogP contribution in [0.25, 0.3) is 43.8 Å². The highest BCUT2D eigenvalue weighted by Gasteiger charge is 2.16. The summed E-state index contributed by atoms with van der Waals surface area (Å²) in [7, 11) is 0. The predicted molar refractivity (Wildman–Crippen MR) is 133 cm³/mol. The van der Waals surface area contributed by atoms with Crippen LogP contribution in [0.2, 0.25) is 0 Å². The largest absolute Gasteiger partial charge is 0.0616 e. The van der Waals surface area contributed by atoms with E-state index in [1.54, 1.807) is 0 Å². The fourth-order valence-electron chi connectivity index (χ4n) is 3.98. The van der Waals surface area contributed by atoms with Gasteiger partial charge in [0.2, 0.25) is 0 Å². The maximum Gasteiger partial charge on any atom is 0.0175 e. The first-order valence-electron chi connectivity index (χ1n) is 9.18. The normalized spacial score (nSPS) is 11.2. The van der Waals surface area contributed by atoms with Crippen molar-refractivity contribution in [1.82, 2.24) is 0 Å². The molecule has 0 radical (unpaired) electrons. The highest BCUT2D eigenvalue weighted by Crippen LogP contribution is 2.43. The zero-order valence-corrected chi connectivity index (χ0v) is 18.7. The lowest BCUT2D eigenvalue weighted by molar-refractivity contribution is 1.61. The van der Waals surface area contributed by atoms with Crippen LogP contribution in [0.1, 0.15) is 0 Å². The van der Waals surface area contributed by atoms with Crippen molar-refractivity contribution in [2.24, 2.45) is 0 Å². The minimum absolute atomic E-state index is 1.10. The molecule has 0 amide bonds. The van der Waals surface area contributed by atoms with Crippen molar-refractivity contribution in [3.63, 3.8) is 0 Å². The van der Waals surface area contributed by atoms with Crippen LogP contribution in [-0.4, -0.2) is 0 Å². The number of fused-ring (bicyclic) bond motifs is 2. The van der Waals surface area contributed by atoms with Crippen LogP contribution >= 0.6 is 38.5 Å². The molecule has 5 aromatic rings. The Hall–Kier alpha value is -2.17. The highest BCUT2D eigenvalue weighted by atomic mass is 127. The van der Waals surface area contributed by atoms with E-state index in [4.69, 9.17) is 0 Å². The van der Waals surface area contributed by atoms with Crippen LogP contribution < -0.4 is 0 Å². The van der Waals surface area contributed by atoms with Gasteiger partial charge in [-0.05, 0) is 90.7 Å². The molecule has 0 aromatic heterocycles. The predicted octanol–water partition coefficient (Wildman–Crippen LogP) is 8.69. The molecule has 0 nitrogen and oxygen atoms in total. The first-order valence-corrected chi connectivity index (χ1v) is 11.0. The van der Waals surface area contributed by atoms with Gasteiger partial charge in [-0.2, -0.15) is 0 Å². The SMILES string of the molecule is Brc1ccc(-c2c3ccccc3c(-c3ccc(I)cc3)c3ccccc23)cc1. The van der Waals surface area contributed by atoms with E-state index in [2.05, 4.69) is 136 Å². The number of hydrogen-bond acceptors (Lipinski definition) is 0. The molecule has 28 heavy (non-hydrogen) atoms. The van der Waals surface area contributed by atoms with Crippen molar-refractivity contribution in [2.75, 3.05) is 0 Å². The van der Waals surface area contributed by atoms with E-state index in [0.717, 1.165) is 4.47 Å². The van der Waals surface area contributed by atoms with Gasteiger partial charge in [-0.3, -0.25) is 0 Å². The summed E-state index contributed by atoms with van der Waals surface area (Å²) in [4.78, 5) is 0. The van der Waals surface area contributed by atoms with Gasteiger partial charge in [0.05, 0.1) is 0 Å². The molecular formula is C26H16BrI. The van der Waals surface area contributed by atoms with E-state index in [1.807, 2.05) is 0 Å². The topological polar surface area (TPSA) is 0 Å². The molecule has 0 atom stereocenters. The van der Waals surface area contributed by atoms with Crippen molar-refractivity contribution in [3.05, 3.63) is 105 Å². The molecule has 0 bridgehead atoms. The summed E-state index contributed by atoms with van der Waals surface area (Å²) in [6, 6.07) is 35.0. The first kappa shape index (κ1) is 17.9. The van der Waals surface area contributed by atoms with Crippen LogP contribution in [0.5, 0.6) is 0 Å². The maximum absolute atomic E-state index is 3.56. The first-order chi connectivity index (χ1) is 13.7. The average molecular weight is 535 g/mol. The lowest BCUT2D eigenvalue weighted by Gasteiger charge is -2.17. The second-order valence-corrected chi connectivity index (χ2v) is 9.02. The van der Waals surface area contributed by atoms with Crippen molar-refractivity contribution in [1.29, 1.82) is 0 Å². The van der Waals surface area contributed by atoms with Crippen LogP contribution in [0.15, 0.2) is 102 Å². The zero-order valence-electron chi connectivity index (χ0n) is 15.0. The Morgan fingerprint density at radius 3 is 1.21 bits per heavy atom. The summed E-state index contributed by atoms with van der Waals surface area (Å²) in [6.07, 6.45) is 0. The summed E-state index contributed by atoms with van der Waals surface area (Å²) in [5.41, 5.74) is 5.11. The molecule has 0 fully saturated rings. The molecule has 0 aliphatic rings. The van der Waals surface area contributed by atoms with Crippen LogP contribution in [0.4, 0.5) is 0 Å². The maximum atomic E-state index is 3.56. The number of halogens is 2. The standard InChI is InChI=1S/C26H16BrI/c27-19-13-9-17(10-14-19)25-21-5-1-3-7-23(21)26(18-11-15-20(28)16-12-18)24-8-4-2-6-22(24)25/h1-16H. The van der Waals surface area contributed by atoms with Gasteiger partial charge >= 0.3 is 0 Å². The second-order valence-electron chi connectivity index (χ2n) is 6.85. The van der Waals surface area contributed by atoms with E-state index in [9.17, 15) is 0 Å². The molecule has 5 rings (SSSR count). The summed E-state index contributed by atoms with van der Waals surface area (Å²) >= 11 is 5.93. The monoisotopic (exact) mass is 534 g/mol. The van der Waals surface area contributed by atoms with Gasteiger partial charge in [0.15, 0.2) is 0 Å². The molecule has 0 saturated heterocycles. The molecule has 0 unspecified atom stereocenters. The van der Waals surface area contributed by atoms with Crippen LogP contribution in [-0.2, 0) is 0 Å². The summed E-state index contributed by atoms with van der Waals surface area (Å²) in [6.45, 7) is 0. The third-order valence-corrected chi connectivity index (χ3v) is 6.45. The summed E-state index contributed by atoms with van der Waals surface area (Å²) < 4.78 is 2.35. The van der Waals surface area contributed by atoms with Gasteiger partial charge in [0.1, 0.15) is 0 Å². The van der Waals surface area contributed by atoms with Gasteiger partial charge in [0.25, 0.3) is 0 Å². The summed E-state index contributed by atoms with van der Waals surface area (Å²) in [5, 5.41) is 5.16. The van der Waals surface area contributed by atoms with E-state index < -0.39 is 0 Å². The van der Waals surface area contributed by atoms with Gasteiger partial charge in [-0.25, -0.2) is 0 Å². The molecular weight excluding hydrogens is 519 g/mol. The molecule has 0 heterocycles. The Kier molecular flexibility index (Phi) is 4.69. The Morgan fingerprint density at radius 2 is 0.821 bits per heavy atom. The van der Waals surface area contributed by atoms with Gasteiger partial charge in [0, 0.05) is 8.04 Å². The smallest absolute Gasteiger partial charge is 0.0175 e. The second kappa shape index (κ2) is 7.34. The number of benzene rings is 5. The van der Waals surface area contributed by atoms with Crippen molar-refractivity contribution < 1.29 is 0 Å². The average Bonchev–Trinajstić information content (AvgIpc) is 2.74. The lowest BCUT2D eigenvalue weighted by Crippen LogP contribution is -1.90. The molecule has 0 aliphatic carbocycles. The van der Waals surface area contributed by atoms with Gasteiger partial charge < -0.3 is 0 Å². The van der Waals surface area contributed by atoms with Crippen LogP contribution in [0, 0.1) is 3.57 Å². The quantitative estimate of drug-likeness (QED) is 0.157. The molecule has 2 heteroatoms. The zero-order chi connectivity index (χ0) is 19.1. The van der Waals surface area contributed by atoms with E-state index in [1.165, 1.54) is 47.4 Å². The third-order valence-electron chi connectivity index (χ3n) is 5.20. The fraction of sp³-hybridized carbons (Fsp3) is 0. The number of rotatable bonds is 2.